The monoisotopic (exact) mass is 304 g/mol. The lowest BCUT2D eigenvalue weighted by Gasteiger charge is -2.29. The van der Waals surface area contributed by atoms with Crippen LogP contribution in [0.1, 0.15) is 33.6 Å². The molecule has 20 heavy (non-hydrogen) atoms. The van der Waals surface area contributed by atoms with E-state index in [1.54, 1.807) is 0 Å². The second kappa shape index (κ2) is 6.55. The van der Waals surface area contributed by atoms with Gasteiger partial charge in [-0.05, 0) is 19.8 Å². The molecule has 8 heteroatoms. The highest BCUT2D eigenvalue weighted by molar-refractivity contribution is 7.89. The minimum absolute atomic E-state index is 0.0121. The molecule has 0 saturated carbocycles. The van der Waals surface area contributed by atoms with Crippen LogP contribution in [0.25, 0.3) is 0 Å². The van der Waals surface area contributed by atoms with Gasteiger partial charge in [0.15, 0.2) is 5.82 Å². The minimum Gasteiger partial charge on any atom is -0.396 e. The lowest BCUT2D eigenvalue weighted by atomic mass is 9.84. The van der Waals surface area contributed by atoms with Crippen LogP contribution >= 0.6 is 0 Å². The largest absolute Gasteiger partial charge is 0.396 e. The van der Waals surface area contributed by atoms with Crippen molar-refractivity contribution in [2.75, 3.05) is 18.9 Å². The second-order valence-corrected chi connectivity index (χ2v) is 6.66. The molecule has 0 bridgehead atoms. The molecule has 0 atom stereocenters. The van der Waals surface area contributed by atoms with E-state index >= 15 is 0 Å². The summed E-state index contributed by atoms with van der Waals surface area (Å²) >= 11 is 0. The third kappa shape index (κ3) is 3.50. The van der Waals surface area contributed by atoms with Crippen LogP contribution in [0.5, 0.6) is 0 Å². The van der Waals surface area contributed by atoms with Crippen molar-refractivity contribution in [3.05, 3.63) is 6.20 Å². The summed E-state index contributed by atoms with van der Waals surface area (Å²) in [4.78, 5) is -0.0154. The van der Waals surface area contributed by atoms with Crippen LogP contribution in [0.3, 0.4) is 0 Å². The van der Waals surface area contributed by atoms with E-state index in [0.717, 1.165) is 0 Å². The molecule has 0 aliphatic rings. The number of nitrogens with two attached hydrogens (primary N) is 1. The number of aliphatic hydroxyl groups excluding tert-OH is 1. The number of sulfonamides is 1. The Balaban J connectivity index is 2.92. The van der Waals surface area contributed by atoms with Gasteiger partial charge < -0.3 is 10.8 Å². The predicted molar refractivity (Wildman–Crippen MR) is 77.6 cm³/mol. The first-order valence-corrected chi connectivity index (χ1v) is 8.26. The van der Waals surface area contributed by atoms with Crippen molar-refractivity contribution in [3.63, 3.8) is 0 Å². The van der Waals surface area contributed by atoms with E-state index in [1.807, 2.05) is 20.8 Å². The first kappa shape index (κ1) is 16.9. The number of aryl methyl sites for hydroxylation is 1. The van der Waals surface area contributed by atoms with E-state index in [-0.39, 0.29) is 23.9 Å². The zero-order valence-corrected chi connectivity index (χ0v) is 13.1. The fourth-order valence-electron chi connectivity index (χ4n) is 1.89. The Morgan fingerprint density at radius 2 is 2.00 bits per heavy atom. The van der Waals surface area contributed by atoms with Gasteiger partial charge in [0.25, 0.3) is 0 Å². The molecule has 0 spiro atoms. The molecule has 0 aromatic carbocycles. The standard InChI is InChI=1S/C12H24N4O3S/c1-4-12(5-2,9-17)8-14-20(18,19)10-7-16(6-3)15-11(10)13/h7,14,17H,4-6,8-9H2,1-3H3,(H2,13,15). The van der Waals surface area contributed by atoms with Crippen LogP contribution in [-0.4, -0.2) is 36.5 Å². The van der Waals surface area contributed by atoms with Crippen molar-refractivity contribution >= 4 is 15.8 Å². The molecule has 1 heterocycles. The van der Waals surface area contributed by atoms with Crippen LogP contribution in [0, 0.1) is 5.41 Å². The van der Waals surface area contributed by atoms with E-state index in [2.05, 4.69) is 9.82 Å². The Morgan fingerprint density at radius 3 is 2.40 bits per heavy atom. The van der Waals surface area contributed by atoms with Crippen molar-refractivity contribution in [2.45, 2.75) is 45.1 Å². The van der Waals surface area contributed by atoms with Gasteiger partial charge in [0, 0.05) is 31.3 Å². The SMILES string of the molecule is CCn1cc(S(=O)(=O)NCC(CC)(CC)CO)c(N)n1. The quantitative estimate of drug-likeness (QED) is 0.650. The average molecular weight is 304 g/mol. The van der Waals surface area contributed by atoms with Gasteiger partial charge in [0.2, 0.25) is 10.0 Å². The van der Waals surface area contributed by atoms with E-state index in [9.17, 15) is 13.5 Å². The molecule has 1 aromatic rings. The topological polar surface area (TPSA) is 110 Å². The van der Waals surface area contributed by atoms with Crippen LogP contribution in [0.4, 0.5) is 5.82 Å². The number of aliphatic hydroxyl groups is 1. The third-order valence-corrected chi connectivity index (χ3v) is 5.26. The Labute approximate surface area is 120 Å². The van der Waals surface area contributed by atoms with Gasteiger partial charge in [0.05, 0.1) is 0 Å². The highest BCUT2D eigenvalue weighted by Crippen LogP contribution is 2.25. The highest BCUT2D eigenvalue weighted by atomic mass is 32.2. The zero-order valence-electron chi connectivity index (χ0n) is 12.3. The maximum absolute atomic E-state index is 12.3. The van der Waals surface area contributed by atoms with Gasteiger partial charge in [-0.3, -0.25) is 4.68 Å². The first-order valence-electron chi connectivity index (χ1n) is 6.77. The number of nitrogen functional groups attached to an aromatic ring is 1. The van der Waals surface area contributed by atoms with Crippen molar-refractivity contribution in [1.82, 2.24) is 14.5 Å². The van der Waals surface area contributed by atoms with Gasteiger partial charge in [-0.1, -0.05) is 13.8 Å². The van der Waals surface area contributed by atoms with E-state index in [0.29, 0.717) is 19.4 Å². The lowest BCUT2D eigenvalue weighted by molar-refractivity contribution is 0.119. The molecular weight excluding hydrogens is 280 g/mol. The van der Waals surface area contributed by atoms with Crippen LogP contribution in [0.15, 0.2) is 11.1 Å². The summed E-state index contributed by atoms with van der Waals surface area (Å²) in [5.41, 5.74) is 5.20. The van der Waals surface area contributed by atoms with Crippen molar-refractivity contribution < 1.29 is 13.5 Å². The number of anilines is 1. The van der Waals surface area contributed by atoms with E-state index < -0.39 is 15.4 Å². The average Bonchev–Trinajstić information content (AvgIpc) is 2.83. The van der Waals surface area contributed by atoms with Crippen LogP contribution < -0.4 is 10.5 Å². The molecule has 0 aliphatic heterocycles. The molecule has 0 saturated heterocycles. The van der Waals surface area contributed by atoms with Gasteiger partial charge in [-0.25, -0.2) is 13.1 Å². The van der Waals surface area contributed by atoms with Gasteiger partial charge in [-0.2, -0.15) is 5.10 Å². The molecule has 1 aromatic heterocycles. The fourth-order valence-corrected chi connectivity index (χ4v) is 3.12. The summed E-state index contributed by atoms with van der Waals surface area (Å²) in [6.45, 7) is 6.36. The smallest absolute Gasteiger partial charge is 0.245 e. The maximum atomic E-state index is 12.3. The molecule has 0 amide bonds. The van der Waals surface area contributed by atoms with Crippen molar-refractivity contribution in [2.24, 2.45) is 5.41 Å². The Bertz CT molecular complexity index is 527. The zero-order chi connectivity index (χ0) is 15.4. The molecule has 1 rings (SSSR count). The predicted octanol–water partition coefficient (Wildman–Crippen LogP) is 0.562. The Morgan fingerprint density at radius 1 is 1.40 bits per heavy atom. The Kier molecular flexibility index (Phi) is 5.55. The summed E-state index contributed by atoms with van der Waals surface area (Å²) in [5.74, 6) is -0.0121. The van der Waals surface area contributed by atoms with Gasteiger partial charge in [-0.15, -0.1) is 0 Å². The third-order valence-electron chi connectivity index (χ3n) is 3.84. The number of hydrogen-bond acceptors (Lipinski definition) is 5. The molecule has 7 nitrogen and oxygen atoms in total. The summed E-state index contributed by atoms with van der Waals surface area (Å²) in [6, 6.07) is 0. The normalized spacial score (nSPS) is 12.8. The number of aromatic nitrogens is 2. The molecular formula is C12H24N4O3S. The molecule has 116 valence electrons. The summed E-state index contributed by atoms with van der Waals surface area (Å²) in [6.07, 6.45) is 2.79. The van der Waals surface area contributed by atoms with Crippen molar-refractivity contribution in [3.8, 4) is 0 Å². The first-order chi connectivity index (χ1) is 9.34. The molecule has 0 radical (unpaired) electrons. The molecule has 0 unspecified atom stereocenters. The van der Waals surface area contributed by atoms with E-state index in [1.165, 1.54) is 10.9 Å². The fraction of sp³-hybridized carbons (Fsp3) is 0.750. The lowest BCUT2D eigenvalue weighted by Crippen LogP contribution is -2.39. The number of rotatable bonds is 8. The minimum atomic E-state index is -3.71. The number of nitrogens with zero attached hydrogens (tertiary/aromatic N) is 2. The number of nitrogens with one attached hydrogen (secondary N) is 1. The summed E-state index contributed by atoms with van der Waals surface area (Å²) in [5, 5.41) is 13.4. The highest BCUT2D eigenvalue weighted by Gasteiger charge is 2.29. The summed E-state index contributed by atoms with van der Waals surface area (Å²) < 4.78 is 28.5. The number of hydrogen-bond donors (Lipinski definition) is 3. The van der Waals surface area contributed by atoms with E-state index in [4.69, 9.17) is 5.73 Å². The molecule has 4 N–H and O–H groups in total. The Hall–Kier alpha value is -1.12. The van der Waals surface area contributed by atoms with Gasteiger partial charge >= 0.3 is 0 Å². The van der Waals surface area contributed by atoms with Crippen molar-refractivity contribution in [1.29, 1.82) is 0 Å². The van der Waals surface area contributed by atoms with Gasteiger partial charge in [0.1, 0.15) is 4.90 Å². The maximum Gasteiger partial charge on any atom is 0.245 e. The van der Waals surface area contributed by atoms with Crippen LogP contribution in [-0.2, 0) is 16.6 Å². The molecule has 0 aliphatic carbocycles. The second-order valence-electron chi connectivity index (χ2n) is 4.92. The molecule has 0 fully saturated rings. The summed E-state index contributed by atoms with van der Waals surface area (Å²) in [7, 11) is -3.71. The van der Waals surface area contributed by atoms with Crippen LogP contribution in [0.2, 0.25) is 0 Å².